The Morgan fingerprint density at radius 2 is 1.82 bits per heavy atom. The van der Waals surface area contributed by atoms with E-state index in [0.717, 1.165) is 18.9 Å². The van der Waals surface area contributed by atoms with Crippen molar-refractivity contribution in [3.05, 3.63) is 0 Å². The molecule has 0 aromatic carbocycles. The monoisotopic (exact) mass is 236 g/mol. The summed E-state index contributed by atoms with van der Waals surface area (Å²) in [4.78, 5) is 16.8. The highest BCUT2D eigenvalue weighted by Gasteiger charge is 2.40. The van der Waals surface area contributed by atoms with Crippen LogP contribution in [0.3, 0.4) is 0 Å². The molecule has 3 aliphatic rings. The second-order valence-corrected chi connectivity index (χ2v) is 5.93. The van der Waals surface area contributed by atoms with Gasteiger partial charge in [-0.3, -0.25) is 14.6 Å². The van der Waals surface area contributed by atoms with E-state index in [1.807, 2.05) is 0 Å². The Bertz CT molecular complexity index is 285. The highest BCUT2D eigenvalue weighted by Crippen LogP contribution is 2.34. The minimum Gasteiger partial charge on any atom is -0.300 e. The standard InChI is InChI=1S/C14H24N2O/c1-2-15(11-3-4-11)7-8-16-12-5-6-13(16)10-14(17)9-12/h11-13H,2-10H2,1H3. The molecule has 0 aromatic heterocycles. The zero-order valence-electron chi connectivity index (χ0n) is 10.9. The summed E-state index contributed by atoms with van der Waals surface area (Å²) in [7, 11) is 0. The van der Waals surface area contributed by atoms with Crippen molar-refractivity contribution in [2.24, 2.45) is 0 Å². The fourth-order valence-electron chi connectivity index (χ4n) is 3.71. The first-order valence-corrected chi connectivity index (χ1v) is 7.29. The summed E-state index contributed by atoms with van der Waals surface area (Å²) in [6, 6.07) is 2.04. The predicted octanol–water partition coefficient (Wildman–Crippen LogP) is 1.67. The molecule has 2 bridgehead atoms. The summed E-state index contributed by atoms with van der Waals surface area (Å²) in [5.74, 6) is 0.503. The van der Waals surface area contributed by atoms with Gasteiger partial charge < -0.3 is 0 Å². The molecular weight excluding hydrogens is 212 g/mol. The fourth-order valence-corrected chi connectivity index (χ4v) is 3.71. The van der Waals surface area contributed by atoms with E-state index in [1.54, 1.807) is 0 Å². The van der Waals surface area contributed by atoms with Gasteiger partial charge in [-0.05, 0) is 32.2 Å². The average Bonchev–Trinajstić information content (AvgIpc) is 3.09. The number of rotatable bonds is 5. The van der Waals surface area contributed by atoms with Gasteiger partial charge in [-0.1, -0.05) is 6.92 Å². The number of ketones is 1. The lowest BCUT2D eigenvalue weighted by molar-refractivity contribution is -0.123. The molecule has 1 aliphatic carbocycles. The van der Waals surface area contributed by atoms with Gasteiger partial charge in [0.05, 0.1) is 0 Å². The zero-order chi connectivity index (χ0) is 11.8. The Morgan fingerprint density at radius 1 is 1.18 bits per heavy atom. The molecule has 0 spiro atoms. The van der Waals surface area contributed by atoms with E-state index in [2.05, 4.69) is 16.7 Å². The Balaban J connectivity index is 1.53. The van der Waals surface area contributed by atoms with Crippen molar-refractivity contribution in [1.82, 2.24) is 9.80 Å². The van der Waals surface area contributed by atoms with E-state index in [9.17, 15) is 4.79 Å². The summed E-state index contributed by atoms with van der Waals surface area (Å²) < 4.78 is 0. The molecule has 0 amide bonds. The molecule has 0 aromatic rings. The lowest BCUT2D eigenvalue weighted by atomic mass is 10.0. The van der Waals surface area contributed by atoms with Crippen LogP contribution in [-0.2, 0) is 4.79 Å². The van der Waals surface area contributed by atoms with Crippen molar-refractivity contribution in [2.75, 3.05) is 19.6 Å². The van der Waals surface area contributed by atoms with Crippen LogP contribution in [0.1, 0.15) is 45.4 Å². The molecular formula is C14H24N2O. The molecule has 2 atom stereocenters. The van der Waals surface area contributed by atoms with E-state index in [4.69, 9.17) is 0 Å². The van der Waals surface area contributed by atoms with Gasteiger partial charge in [0.25, 0.3) is 0 Å². The van der Waals surface area contributed by atoms with E-state index >= 15 is 0 Å². The lowest BCUT2D eigenvalue weighted by Gasteiger charge is -2.35. The second-order valence-electron chi connectivity index (χ2n) is 5.93. The number of carbonyl (C=O) groups is 1. The molecule has 0 radical (unpaired) electrons. The summed E-state index contributed by atoms with van der Waals surface area (Å²) in [6.07, 6.45) is 6.97. The van der Waals surface area contributed by atoms with Gasteiger partial charge in [0.1, 0.15) is 5.78 Å². The van der Waals surface area contributed by atoms with Crippen molar-refractivity contribution >= 4 is 5.78 Å². The number of Topliss-reactive ketones (excluding diaryl/α,β-unsaturated/α-hetero) is 1. The van der Waals surface area contributed by atoms with E-state index in [1.165, 1.54) is 45.3 Å². The number of hydrogen-bond donors (Lipinski definition) is 0. The number of piperidine rings is 1. The maximum Gasteiger partial charge on any atom is 0.136 e. The van der Waals surface area contributed by atoms with Gasteiger partial charge in [-0.15, -0.1) is 0 Å². The summed E-state index contributed by atoms with van der Waals surface area (Å²) in [6.45, 7) is 5.86. The molecule has 17 heavy (non-hydrogen) atoms. The van der Waals surface area contributed by atoms with Crippen molar-refractivity contribution in [3.8, 4) is 0 Å². The van der Waals surface area contributed by atoms with Gasteiger partial charge in [-0.25, -0.2) is 0 Å². The van der Waals surface area contributed by atoms with Crippen LogP contribution in [0.25, 0.3) is 0 Å². The summed E-state index contributed by atoms with van der Waals surface area (Å²) in [5, 5.41) is 0. The fraction of sp³-hybridized carbons (Fsp3) is 0.929. The van der Waals surface area contributed by atoms with Gasteiger partial charge >= 0.3 is 0 Å². The third-order valence-corrected chi connectivity index (χ3v) is 4.81. The Hall–Kier alpha value is -0.410. The minimum atomic E-state index is 0.503. The molecule has 3 nitrogen and oxygen atoms in total. The van der Waals surface area contributed by atoms with E-state index < -0.39 is 0 Å². The quantitative estimate of drug-likeness (QED) is 0.725. The van der Waals surface area contributed by atoms with Crippen LogP contribution in [0.15, 0.2) is 0 Å². The highest BCUT2D eigenvalue weighted by atomic mass is 16.1. The van der Waals surface area contributed by atoms with Crippen LogP contribution in [0.2, 0.25) is 0 Å². The van der Waals surface area contributed by atoms with Crippen molar-refractivity contribution in [1.29, 1.82) is 0 Å². The largest absolute Gasteiger partial charge is 0.300 e. The van der Waals surface area contributed by atoms with Crippen LogP contribution >= 0.6 is 0 Å². The highest BCUT2D eigenvalue weighted by molar-refractivity contribution is 5.80. The van der Waals surface area contributed by atoms with Crippen molar-refractivity contribution < 1.29 is 4.79 Å². The molecule has 3 fully saturated rings. The van der Waals surface area contributed by atoms with E-state index in [-0.39, 0.29) is 0 Å². The molecule has 2 saturated heterocycles. The Labute approximate surface area is 104 Å². The molecule has 2 heterocycles. The minimum absolute atomic E-state index is 0.503. The molecule has 2 unspecified atom stereocenters. The normalized spacial score (nSPS) is 33.6. The zero-order valence-corrected chi connectivity index (χ0v) is 10.9. The first kappa shape index (κ1) is 11.7. The summed E-state index contributed by atoms with van der Waals surface area (Å²) in [5.41, 5.74) is 0. The number of nitrogens with zero attached hydrogens (tertiary/aromatic N) is 2. The smallest absolute Gasteiger partial charge is 0.136 e. The molecule has 3 rings (SSSR count). The molecule has 3 heteroatoms. The third kappa shape index (κ3) is 2.41. The maximum absolute atomic E-state index is 11.5. The molecule has 1 saturated carbocycles. The van der Waals surface area contributed by atoms with E-state index in [0.29, 0.717) is 17.9 Å². The van der Waals surface area contributed by atoms with Crippen LogP contribution in [0, 0.1) is 0 Å². The van der Waals surface area contributed by atoms with Crippen LogP contribution in [-0.4, -0.2) is 53.3 Å². The third-order valence-electron chi connectivity index (χ3n) is 4.81. The number of fused-ring (bicyclic) bond motifs is 2. The van der Waals surface area contributed by atoms with Crippen molar-refractivity contribution in [2.45, 2.75) is 63.6 Å². The van der Waals surface area contributed by atoms with Crippen molar-refractivity contribution in [3.63, 3.8) is 0 Å². The summed E-state index contributed by atoms with van der Waals surface area (Å²) >= 11 is 0. The topological polar surface area (TPSA) is 23.6 Å². The number of likely N-dealkylation sites (N-methyl/N-ethyl adjacent to an activating group) is 1. The lowest BCUT2D eigenvalue weighted by Crippen LogP contribution is -2.46. The van der Waals surface area contributed by atoms with Crippen LogP contribution in [0.5, 0.6) is 0 Å². The van der Waals surface area contributed by atoms with Gasteiger partial charge in [0.15, 0.2) is 0 Å². The SMILES string of the molecule is CCN(CCN1C2CCC1CC(=O)C2)C1CC1. The number of carbonyl (C=O) groups excluding carboxylic acids is 1. The molecule has 0 N–H and O–H groups in total. The molecule has 96 valence electrons. The van der Waals surface area contributed by atoms with Gasteiger partial charge in [0.2, 0.25) is 0 Å². The van der Waals surface area contributed by atoms with Crippen LogP contribution < -0.4 is 0 Å². The molecule has 2 aliphatic heterocycles. The first-order chi connectivity index (χ1) is 8.28. The van der Waals surface area contributed by atoms with Crippen LogP contribution in [0.4, 0.5) is 0 Å². The Kier molecular flexibility index (Phi) is 3.22. The average molecular weight is 236 g/mol. The predicted molar refractivity (Wildman–Crippen MR) is 68.0 cm³/mol. The second kappa shape index (κ2) is 4.69. The van der Waals surface area contributed by atoms with Gasteiger partial charge in [0, 0.05) is 44.1 Å². The van der Waals surface area contributed by atoms with Gasteiger partial charge in [-0.2, -0.15) is 0 Å². The number of hydrogen-bond acceptors (Lipinski definition) is 3. The maximum atomic E-state index is 11.5. The first-order valence-electron chi connectivity index (χ1n) is 7.29. The Morgan fingerprint density at radius 3 is 2.35 bits per heavy atom.